The second kappa shape index (κ2) is 6.79. The summed E-state index contributed by atoms with van der Waals surface area (Å²) in [6, 6.07) is 6.81. The molecule has 0 spiro atoms. The van der Waals surface area contributed by atoms with Gasteiger partial charge in [-0.3, -0.25) is 4.79 Å². The number of furan rings is 2. The third-order valence-electron chi connectivity index (χ3n) is 2.47. The Morgan fingerprint density at radius 2 is 1.86 bits per heavy atom. The minimum absolute atomic E-state index is 0.0926. The summed E-state index contributed by atoms with van der Waals surface area (Å²) in [6.07, 6.45) is 4.56. The molecule has 0 bridgehead atoms. The number of aromatic nitrogens is 2. The van der Waals surface area contributed by atoms with E-state index in [1.165, 1.54) is 6.26 Å². The highest BCUT2D eigenvalue weighted by molar-refractivity contribution is 6.04. The number of rotatable bonds is 3. The van der Waals surface area contributed by atoms with Gasteiger partial charge >= 0.3 is 0 Å². The zero-order chi connectivity index (χ0) is 15.9. The zero-order valence-electron chi connectivity index (χ0n) is 11.4. The van der Waals surface area contributed by atoms with Crippen molar-refractivity contribution < 1.29 is 13.6 Å². The second-order valence-corrected chi connectivity index (χ2v) is 3.98. The van der Waals surface area contributed by atoms with Crippen molar-refractivity contribution in [1.29, 1.82) is 0 Å². The molecular formula is C13H14N6O3. The van der Waals surface area contributed by atoms with E-state index < -0.39 is 0 Å². The lowest BCUT2D eigenvalue weighted by atomic mass is 10.3. The Kier molecular flexibility index (Phi) is 4.60. The van der Waals surface area contributed by atoms with Crippen LogP contribution < -0.4 is 17.3 Å². The van der Waals surface area contributed by atoms with E-state index >= 15 is 0 Å². The van der Waals surface area contributed by atoms with Gasteiger partial charge in [-0.25, -0.2) is 4.98 Å². The van der Waals surface area contributed by atoms with Crippen molar-refractivity contribution in [3.05, 3.63) is 54.6 Å². The highest BCUT2D eigenvalue weighted by Gasteiger charge is 2.16. The maximum atomic E-state index is 11.9. The Morgan fingerprint density at radius 1 is 1.18 bits per heavy atom. The first kappa shape index (κ1) is 14.9. The summed E-state index contributed by atoms with van der Waals surface area (Å²) in [4.78, 5) is 18.8. The van der Waals surface area contributed by atoms with Gasteiger partial charge in [-0.2, -0.15) is 0 Å². The molecule has 0 unspecified atom stereocenters. The third kappa shape index (κ3) is 3.54. The van der Waals surface area contributed by atoms with Crippen LogP contribution in [0.2, 0.25) is 0 Å². The summed E-state index contributed by atoms with van der Waals surface area (Å²) in [5.74, 6) is 5.25. The molecule has 7 N–H and O–H groups in total. The Labute approximate surface area is 124 Å². The molecule has 3 heterocycles. The quantitative estimate of drug-likeness (QED) is 0.181. The second-order valence-electron chi connectivity index (χ2n) is 3.98. The molecule has 3 aromatic rings. The van der Waals surface area contributed by atoms with E-state index in [1.807, 2.05) is 0 Å². The number of carbonyl (C=O) groups is 1. The van der Waals surface area contributed by atoms with Gasteiger partial charge in [0.25, 0.3) is 5.78 Å². The maximum Gasteiger partial charge on any atom is 0.263 e. The average molecular weight is 302 g/mol. The number of nitrogens with one attached hydrogen (secondary N) is 1. The van der Waals surface area contributed by atoms with E-state index in [0.717, 1.165) is 0 Å². The molecule has 0 radical (unpaired) electrons. The molecule has 0 saturated heterocycles. The van der Waals surface area contributed by atoms with Gasteiger partial charge in [-0.05, 0) is 24.3 Å². The molecule has 0 aliphatic rings. The number of imidazole rings is 1. The van der Waals surface area contributed by atoms with Crippen LogP contribution >= 0.6 is 0 Å². The van der Waals surface area contributed by atoms with Crippen molar-refractivity contribution in [2.75, 3.05) is 0 Å². The number of ketones is 1. The van der Waals surface area contributed by atoms with Crippen molar-refractivity contribution in [3.63, 3.8) is 0 Å². The molecule has 0 aliphatic carbocycles. The zero-order valence-corrected chi connectivity index (χ0v) is 11.4. The van der Waals surface area contributed by atoms with Crippen molar-refractivity contribution in [3.8, 4) is 11.5 Å². The largest absolute Gasteiger partial charge is 0.463 e. The van der Waals surface area contributed by atoms with E-state index in [-0.39, 0.29) is 23.3 Å². The fourth-order valence-electron chi connectivity index (χ4n) is 1.52. The van der Waals surface area contributed by atoms with Gasteiger partial charge in [-0.15, -0.1) is 5.10 Å². The van der Waals surface area contributed by atoms with Gasteiger partial charge < -0.3 is 31.1 Å². The van der Waals surface area contributed by atoms with Crippen LogP contribution in [0, 0.1) is 0 Å². The van der Waals surface area contributed by atoms with Crippen LogP contribution in [0.1, 0.15) is 16.4 Å². The number of nitrogens with zero attached hydrogens (tertiary/aromatic N) is 2. The van der Waals surface area contributed by atoms with Crippen LogP contribution in [0.5, 0.6) is 0 Å². The van der Waals surface area contributed by atoms with Gasteiger partial charge in [0, 0.05) is 0 Å². The summed E-state index contributed by atoms with van der Waals surface area (Å²) < 4.78 is 10.2. The lowest BCUT2D eigenvalue weighted by Gasteiger charge is -1.91. The van der Waals surface area contributed by atoms with Gasteiger partial charge in [0.15, 0.2) is 17.3 Å². The standard InChI is InChI=1S/C12H8N2O3.CH6N4/c15-11(10-4-2-6-17-10)12-13-7-8(14-12)9-3-1-5-16-9;2-1(3)5-4/h1-7H,(H,13,14);4H2,(H4,2,3,5). The van der Waals surface area contributed by atoms with E-state index in [4.69, 9.17) is 20.3 Å². The number of guanidine groups is 1. The number of aromatic amines is 1. The average Bonchev–Trinajstić information content (AvgIpc) is 3.27. The van der Waals surface area contributed by atoms with Crippen LogP contribution in [0.4, 0.5) is 0 Å². The van der Waals surface area contributed by atoms with Crippen LogP contribution in [0.25, 0.3) is 11.5 Å². The summed E-state index contributed by atoms with van der Waals surface area (Å²) in [6.45, 7) is 0. The smallest absolute Gasteiger partial charge is 0.263 e. The molecule has 0 aromatic carbocycles. The predicted molar refractivity (Wildman–Crippen MR) is 78.4 cm³/mol. The molecule has 3 aromatic heterocycles. The molecule has 114 valence electrons. The SMILES string of the molecule is NN=C(N)N.O=C(c1ncc(-c2ccco2)[nH]1)c1ccco1. The molecule has 9 nitrogen and oxygen atoms in total. The van der Waals surface area contributed by atoms with Crippen molar-refractivity contribution in [1.82, 2.24) is 9.97 Å². The molecule has 0 aliphatic heterocycles. The Balaban J connectivity index is 0.000000309. The summed E-state index contributed by atoms with van der Waals surface area (Å²) in [7, 11) is 0. The Bertz CT molecular complexity index is 739. The Hall–Kier alpha value is -3.49. The monoisotopic (exact) mass is 302 g/mol. The minimum Gasteiger partial charge on any atom is -0.463 e. The van der Waals surface area contributed by atoms with Crippen LogP contribution in [-0.4, -0.2) is 21.7 Å². The van der Waals surface area contributed by atoms with Crippen LogP contribution in [0.3, 0.4) is 0 Å². The summed E-state index contributed by atoms with van der Waals surface area (Å²) in [5.41, 5.74) is 10.0. The molecule has 0 fully saturated rings. The van der Waals surface area contributed by atoms with E-state index in [9.17, 15) is 4.79 Å². The highest BCUT2D eigenvalue weighted by atomic mass is 16.3. The Morgan fingerprint density at radius 3 is 2.41 bits per heavy atom. The number of hydrogen-bond donors (Lipinski definition) is 4. The van der Waals surface area contributed by atoms with E-state index in [1.54, 1.807) is 36.7 Å². The molecule has 0 amide bonds. The van der Waals surface area contributed by atoms with Crippen LogP contribution in [-0.2, 0) is 0 Å². The fraction of sp³-hybridized carbons (Fsp3) is 0. The first-order valence-electron chi connectivity index (χ1n) is 6.07. The maximum absolute atomic E-state index is 11.9. The molecular weight excluding hydrogens is 288 g/mol. The summed E-state index contributed by atoms with van der Waals surface area (Å²) in [5, 5.41) is 2.86. The van der Waals surface area contributed by atoms with Crippen molar-refractivity contribution in [2.24, 2.45) is 22.4 Å². The topological polar surface area (TPSA) is 162 Å². The highest BCUT2D eigenvalue weighted by Crippen LogP contribution is 2.18. The van der Waals surface area contributed by atoms with Crippen molar-refractivity contribution >= 4 is 11.7 Å². The molecule has 3 rings (SSSR count). The number of nitrogens with two attached hydrogens (primary N) is 3. The van der Waals surface area contributed by atoms with Gasteiger partial charge in [0.1, 0.15) is 5.69 Å². The predicted octanol–water partition coefficient (Wildman–Crippen LogP) is 0.627. The lowest BCUT2D eigenvalue weighted by molar-refractivity contribution is 0.100. The van der Waals surface area contributed by atoms with E-state index in [2.05, 4.69) is 20.9 Å². The van der Waals surface area contributed by atoms with Crippen molar-refractivity contribution in [2.45, 2.75) is 0 Å². The van der Waals surface area contributed by atoms with E-state index in [0.29, 0.717) is 11.5 Å². The number of hydrogen-bond acceptors (Lipinski definition) is 6. The fourth-order valence-corrected chi connectivity index (χ4v) is 1.52. The lowest BCUT2D eigenvalue weighted by Crippen LogP contribution is -2.23. The first-order chi connectivity index (χ1) is 10.6. The number of H-pyrrole nitrogens is 1. The molecule has 22 heavy (non-hydrogen) atoms. The molecule has 9 heteroatoms. The van der Waals surface area contributed by atoms with Gasteiger partial charge in [-0.1, -0.05) is 0 Å². The third-order valence-corrected chi connectivity index (χ3v) is 2.47. The van der Waals surface area contributed by atoms with Gasteiger partial charge in [0.05, 0.1) is 18.7 Å². The molecule has 0 atom stereocenters. The number of hydrazone groups is 1. The minimum atomic E-state index is -0.284. The number of carbonyl (C=O) groups excluding carboxylic acids is 1. The first-order valence-corrected chi connectivity index (χ1v) is 6.07. The van der Waals surface area contributed by atoms with Crippen LogP contribution in [0.15, 0.2) is 56.9 Å². The molecule has 0 saturated carbocycles. The van der Waals surface area contributed by atoms with Gasteiger partial charge in [0.2, 0.25) is 5.96 Å². The summed E-state index contributed by atoms with van der Waals surface area (Å²) >= 11 is 0. The normalized spacial score (nSPS) is 9.64.